The number of fused-ring (bicyclic) bond motifs is 1. The van der Waals surface area contributed by atoms with E-state index >= 15 is 0 Å². The molecule has 2 aromatic carbocycles. The number of hydrogen-bond acceptors (Lipinski definition) is 5. The summed E-state index contributed by atoms with van der Waals surface area (Å²) >= 11 is 0. The maximum Gasteiger partial charge on any atom is 0.337 e. The van der Waals surface area contributed by atoms with Gasteiger partial charge in [0.15, 0.2) is 5.65 Å². The molecule has 0 aliphatic carbocycles. The van der Waals surface area contributed by atoms with Gasteiger partial charge in [-0.3, -0.25) is 9.59 Å². The zero-order valence-electron chi connectivity index (χ0n) is 19.8. The molecule has 1 amide bonds. The number of pyridine rings is 1. The lowest BCUT2D eigenvalue weighted by Gasteiger charge is -2.17. The van der Waals surface area contributed by atoms with E-state index in [1.54, 1.807) is 50.2 Å². The Morgan fingerprint density at radius 1 is 0.971 bits per heavy atom. The van der Waals surface area contributed by atoms with Gasteiger partial charge in [0, 0.05) is 11.4 Å². The number of carbonyl (C=O) groups is 1. The molecule has 0 spiro atoms. The average Bonchev–Trinajstić information content (AvgIpc) is 2.79. The van der Waals surface area contributed by atoms with Crippen molar-refractivity contribution in [2.45, 2.75) is 34.2 Å². The highest BCUT2D eigenvalue weighted by Crippen LogP contribution is 2.24. The summed E-state index contributed by atoms with van der Waals surface area (Å²) in [5.41, 5.74) is 3.47. The third-order valence-electron chi connectivity index (χ3n) is 5.84. The van der Waals surface area contributed by atoms with Crippen LogP contribution in [0.4, 0.5) is 5.69 Å². The van der Waals surface area contributed by atoms with Gasteiger partial charge in [0.25, 0.3) is 5.56 Å². The van der Waals surface area contributed by atoms with Crippen molar-refractivity contribution in [2.75, 3.05) is 12.4 Å². The molecule has 0 fully saturated rings. The van der Waals surface area contributed by atoms with Crippen LogP contribution < -0.4 is 21.3 Å². The Bertz CT molecular complexity index is 1550. The molecule has 0 radical (unpaired) electrons. The van der Waals surface area contributed by atoms with Gasteiger partial charge >= 0.3 is 5.69 Å². The van der Waals surface area contributed by atoms with Crippen molar-refractivity contribution in [1.82, 2.24) is 14.1 Å². The van der Waals surface area contributed by atoms with E-state index in [1.807, 2.05) is 26.0 Å². The summed E-state index contributed by atoms with van der Waals surface area (Å²) < 4.78 is 7.73. The van der Waals surface area contributed by atoms with Crippen molar-refractivity contribution in [3.05, 3.63) is 91.8 Å². The van der Waals surface area contributed by atoms with Crippen LogP contribution in [0.3, 0.4) is 0 Å². The number of ether oxygens (including phenoxy) is 1. The molecule has 0 atom stereocenters. The Kier molecular flexibility index (Phi) is 6.06. The van der Waals surface area contributed by atoms with Crippen molar-refractivity contribution in [1.29, 1.82) is 0 Å². The number of benzene rings is 2. The number of carbonyl (C=O) groups excluding carboxylic acids is 1. The molecule has 0 aliphatic rings. The van der Waals surface area contributed by atoms with Crippen LogP contribution in [0.2, 0.25) is 0 Å². The minimum atomic E-state index is -0.672. The fraction of sp³-hybridized carbons (Fsp3) is 0.231. The Labute approximate surface area is 196 Å². The number of amides is 1. The Morgan fingerprint density at radius 3 is 2.41 bits per heavy atom. The van der Waals surface area contributed by atoms with Crippen LogP contribution in [-0.4, -0.2) is 27.1 Å². The summed E-state index contributed by atoms with van der Waals surface area (Å²) in [4.78, 5) is 44.4. The van der Waals surface area contributed by atoms with E-state index in [0.717, 1.165) is 15.7 Å². The topological polar surface area (TPSA) is 95.2 Å². The molecule has 0 saturated heterocycles. The summed E-state index contributed by atoms with van der Waals surface area (Å²) in [6.07, 6.45) is 0. The lowest BCUT2D eigenvalue weighted by Crippen LogP contribution is -2.42. The number of para-hydroxylation sites is 2. The minimum Gasteiger partial charge on any atom is -0.495 e. The number of rotatable bonds is 5. The third-order valence-corrected chi connectivity index (χ3v) is 5.84. The molecule has 0 aliphatic heterocycles. The van der Waals surface area contributed by atoms with Gasteiger partial charge in [-0.25, -0.2) is 18.9 Å². The maximum absolute atomic E-state index is 13.6. The van der Waals surface area contributed by atoms with Crippen LogP contribution in [0.15, 0.2) is 58.1 Å². The van der Waals surface area contributed by atoms with Crippen molar-refractivity contribution >= 4 is 22.6 Å². The first-order valence-corrected chi connectivity index (χ1v) is 10.9. The second-order valence-corrected chi connectivity index (χ2v) is 8.31. The predicted molar refractivity (Wildman–Crippen MR) is 132 cm³/mol. The molecule has 0 unspecified atom stereocenters. The number of aryl methyl sites for hydroxylation is 4. The summed E-state index contributed by atoms with van der Waals surface area (Å²) in [7, 11) is 1.50. The molecule has 8 heteroatoms. The standard InChI is InChI=1S/C26H26N4O4/c1-15-10-11-19(13-16(15)2)28-22(31)14-29-25(32)23-17(3)12-18(4)27-24(23)30(26(29)33)20-8-6-7-9-21(20)34-5/h6-13H,14H2,1-5H3,(H,28,31). The monoisotopic (exact) mass is 458 g/mol. The summed E-state index contributed by atoms with van der Waals surface area (Å²) in [6, 6.07) is 14.3. The van der Waals surface area contributed by atoms with Gasteiger partial charge < -0.3 is 10.1 Å². The SMILES string of the molecule is COc1ccccc1-n1c(=O)n(CC(=O)Nc2ccc(C)c(C)c2)c(=O)c2c(C)cc(C)nc21. The van der Waals surface area contributed by atoms with Gasteiger partial charge in [-0.2, -0.15) is 0 Å². The zero-order valence-corrected chi connectivity index (χ0v) is 19.8. The van der Waals surface area contributed by atoms with Crippen LogP contribution in [0.1, 0.15) is 22.4 Å². The summed E-state index contributed by atoms with van der Waals surface area (Å²) in [5, 5.41) is 3.05. The third kappa shape index (κ3) is 4.10. The number of methoxy groups -OCH3 is 1. The Balaban J connectivity index is 1.91. The fourth-order valence-electron chi connectivity index (χ4n) is 4.01. The Hall–Kier alpha value is -4.20. The second-order valence-electron chi connectivity index (χ2n) is 8.31. The van der Waals surface area contributed by atoms with Crippen molar-refractivity contribution < 1.29 is 9.53 Å². The quantitative estimate of drug-likeness (QED) is 0.494. The second kappa shape index (κ2) is 8.97. The van der Waals surface area contributed by atoms with E-state index in [-0.39, 0.29) is 11.0 Å². The van der Waals surface area contributed by atoms with Crippen molar-refractivity contribution in [3.8, 4) is 11.4 Å². The fourth-order valence-corrected chi connectivity index (χ4v) is 4.01. The first kappa shape index (κ1) is 23.0. The lowest BCUT2D eigenvalue weighted by atomic mass is 10.1. The number of nitrogens with zero attached hydrogens (tertiary/aromatic N) is 3. The van der Waals surface area contributed by atoms with E-state index in [4.69, 9.17) is 4.74 Å². The number of anilines is 1. The van der Waals surface area contributed by atoms with E-state index in [2.05, 4.69) is 10.3 Å². The average molecular weight is 459 g/mol. The highest BCUT2D eigenvalue weighted by atomic mass is 16.5. The highest BCUT2D eigenvalue weighted by molar-refractivity contribution is 5.91. The predicted octanol–water partition coefficient (Wildman–Crippen LogP) is 3.43. The summed E-state index contributed by atoms with van der Waals surface area (Å²) in [5.74, 6) is -0.0391. The molecule has 2 heterocycles. The zero-order chi connectivity index (χ0) is 24.6. The van der Waals surface area contributed by atoms with Gasteiger partial charge in [-0.1, -0.05) is 18.2 Å². The largest absolute Gasteiger partial charge is 0.495 e. The van der Waals surface area contributed by atoms with Crippen LogP contribution in [0.25, 0.3) is 16.7 Å². The number of nitrogens with one attached hydrogen (secondary N) is 1. The molecule has 174 valence electrons. The molecule has 2 aromatic heterocycles. The molecule has 1 N–H and O–H groups in total. The molecular weight excluding hydrogens is 432 g/mol. The van der Waals surface area contributed by atoms with Gasteiger partial charge in [0.1, 0.15) is 12.3 Å². The van der Waals surface area contributed by atoms with Gasteiger partial charge in [0.05, 0.1) is 18.2 Å². The first-order valence-electron chi connectivity index (χ1n) is 10.9. The number of aromatic nitrogens is 3. The van der Waals surface area contributed by atoms with E-state index in [1.165, 1.54) is 11.7 Å². The van der Waals surface area contributed by atoms with Crippen LogP contribution in [0.5, 0.6) is 5.75 Å². The minimum absolute atomic E-state index is 0.225. The smallest absolute Gasteiger partial charge is 0.337 e. The molecule has 0 bridgehead atoms. The van der Waals surface area contributed by atoms with E-state index < -0.39 is 23.7 Å². The summed E-state index contributed by atoms with van der Waals surface area (Å²) in [6.45, 7) is 7.07. The Morgan fingerprint density at radius 2 is 1.71 bits per heavy atom. The normalized spacial score (nSPS) is 11.0. The lowest BCUT2D eigenvalue weighted by molar-refractivity contribution is -0.116. The van der Waals surface area contributed by atoms with Crippen LogP contribution >= 0.6 is 0 Å². The first-order chi connectivity index (χ1) is 16.2. The van der Waals surface area contributed by atoms with Gasteiger partial charge in [-0.05, 0) is 74.7 Å². The molecule has 34 heavy (non-hydrogen) atoms. The van der Waals surface area contributed by atoms with Gasteiger partial charge in [0.2, 0.25) is 5.91 Å². The van der Waals surface area contributed by atoms with Crippen molar-refractivity contribution in [2.24, 2.45) is 0 Å². The molecule has 8 nitrogen and oxygen atoms in total. The molecular formula is C26H26N4O4. The van der Waals surface area contributed by atoms with Crippen LogP contribution in [0, 0.1) is 27.7 Å². The maximum atomic E-state index is 13.6. The highest BCUT2D eigenvalue weighted by Gasteiger charge is 2.21. The van der Waals surface area contributed by atoms with Gasteiger partial charge in [-0.15, -0.1) is 0 Å². The van der Waals surface area contributed by atoms with E-state index in [0.29, 0.717) is 28.4 Å². The molecule has 0 saturated carbocycles. The van der Waals surface area contributed by atoms with Crippen molar-refractivity contribution in [3.63, 3.8) is 0 Å². The number of hydrogen-bond donors (Lipinski definition) is 1. The van der Waals surface area contributed by atoms with E-state index in [9.17, 15) is 14.4 Å². The van der Waals surface area contributed by atoms with Crippen LogP contribution in [-0.2, 0) is 11.3 Å². The molecule has 4 aromatic rings. The molecule has 4 rings (SSSR count).